The number of halogens is 1. The molecule has 36 heavy (non-hydrogen) atoms. The average molecular weight is 506 g/mol. The van der Waals surface area contributed by atoms with Crippen molar-refractivity contribution < 1.29 is 19.0 Å². The second kappa shape index (κ2) is 11.2. The van der Waals surface area contributed by atoms with E-state index in [0.29, 0.717) is 46.7 Å². The molecule has 0 atom stereocenters. The number of anilines is 1. The zero-order valence-corrected chi connectivity index (χ0v) is 21.4. The maximum absolute atomic E-state index is 13.1. The predicted molar refractivity (Wildman–Crippen MR) is 141 cm³/mol. The highest BCUT2D eigenvalue weighted by atomic mass is 35.5. The molecule has 0 aliphatic rings. The minimum atomic E-state index is -0.216. The lowest BCUT2D eigenvalue weighted by Gasteiger charge is -2.11. The normalized spacial score (nSPS) is 10.7. The summed E-state index contributed by atoms with van der Waals surface area (Å²) in [6.07, 6.45) is 0. The fourth-order valence-electron chi connectivity index (χ4n) is 3.89. The van der Waals surface area contributed by atoms with Gasteiger partial charge in [-0.2, -0.15) is 5.10 Å². The molecule has 186 valence electrons. The molecule has 0 spiro atoms. The molecule has 0 aliphatic carbocycles. The number of hydrogen-bond donors (Lipinski definition) is 1. The first-order valence-electron chi connectivity index (χ1n) is 11.4. The van der Waals surface area contributed by atoms with Gasteiger partial charge in [-0.25, -0.2) is 0 Å². The number of para-hydroxylation sites is 1. The number of amides is 1. The number of rotatable bonds is 9. The molecule has 0 radical (unpaired) electrons. The summed E-state index contributed by atoms with van der Waals surface area (Å²) in [5, 5.41) is 8.20. The van der Waals surface area contributed by atoms with Crippen LogP contribution in [0.3, 0.4) is 0 Å². The van der Waals surface area contributed by atoms with E-state index in [1.165, 1.54) is 0 Å². The molecule has 7 nitrogen and oxygen atoms in total. The third-order valence-electron chi connectivity index (χ3n) is 5.82. The van der Waals surface area contributed by atoms with Gasteiger partial charge in [0.05, 0.1) is 42.9 Å². The third kappa shape index (κ3) is 5.63. The lowest BCUT2D eigenvalue weighted by molar-refractivity contribution is 0.102. The van der Waals surface area contributed by atoms with E-state index in [9.17, 15) is 4.79 Å². The molecular formula is C28H28ClN3O4. The number of ether oxygens (including phenoxy) is 3. The first-order chi connectivity index (χ1) is 17.4. The summed E-state index contributed by atoms with van der Waals surface area (Å²) in [6, 6.07) is 20.4. The van der Waals surface area contributed by atoms with Crippen molar-refractivity contribution in [2.45, 2.75) is 27.0 Å². The number of hydrogen-bond acceptors (Lipinski definition) is 5. The fraction of sp³-hybridized carbons (Fsp3) is 0.214. The van der Waals surface area contributed by atoms with Crippen molar-refractivity contribution in [3.63, 3.8) is 0 Å². The molecule has 0 unspecified atom stereocenters. The molecule has 4 rings (SSSR count). The van der Waals surface area contributed by atoms with E-state index in [4.69, 9.17) is 25.8 Å². The Bertz CT molecular complexity index is 1380. The van der Waals surface area contributed by atoms with Gasteiger partial charge in [0.2, 0.25) is 0 Å². The highest BCUT2D eigenvalue weighted by molar-refractivity contribution is 6.32. The van der Waals surface area contributed by atoms with Crippen LogP contribution in [0.25, 0.3) is 0 Å². The van der Waals surface area contributed by atoms with Crippen LogP contribution in [0.5, 0.6) is 17.2 Å². The largest absolute Gasteiger partial charge is 0.493 e. The molecule has 8 heteroatoms. The van der Waals surface area contributed by atoms with Crippen molar-refractivity contribution in [3.8, 4) is 17.2 Å². The highest BCUT2D eigenvalue weighted by Crippen LogP contribution is 2.29. The maximum atomic E-state index is 13.1. The summed E-state index contributed by atoms with van der Waals surface area (Å²) in [4.78, 5) is 13.1. The number of nitrogens with one attached hydrogen (secondary N) is 1. The monoisotopic (exact) mass is 505 g/mol. The Balaban J connectivity index is 1.47. The van der Waals surface area contributed by atoms with Gasteiger partial charge in [-0.05, 0) is 61.4 Å². The number of aryl methyl sites for hydroxylation is 1. The molecule has 0 saturated carbocycles. The second-order valence-electron chi connectivity index (χ2n) is 8.27. The van der Waals surface area contributed by atoms with E-state index in [2.05, 4.69) is 10.4 Å². The topological polar surface area (TPSA) is 74.6 Å². The second-order valence-corrected chi connectivity index (χ2v) is 8.67. The fourth-order valence-corrected chi connectivity index (χ4v) is 4.08. The van der Waals surface area contributed by atoms with E-state index < -0.39 is 0 Å². The van der Waals surface area contributed by atoms with Gasteiger partial charge in [-0.1, -0.05) is 41.9 Å². The first-order valence-corrected chi connectivity index (χ1v) is 11.8. The standard InChI is InChI=1S/C28H28ClN3O4/c1-18-27(19(2)32(31-18)16-20-12-13-25(34-3)26(15-20)35-4)30-28(33)22-9-7-8-21(14-22)17-36-24-11-6-5-10-23(24)29/h5-15H,16-17H2,1-4H3,(H,30,33). The molecule has 3 aromatic carbocycles. The Kier molecular flexibility index (Phi) is 7.80. The summed E-state index contributed by atoms with van der Waals surface area (Å²) in [6.45, 7) is 4.63. The van der Waals surface area contributed by atoms with E-state index in [1.54, 1.807) is 26.4 Å². The Morgan fingerprint density at radius 1 is 0.917 bits per heavy atom. The molecule has 1 heterocycles. The molecule has 0 aliphatic heterocycles. The Hall–Kier alpha value is -3.97. The van der Waals surface area contributed by atoms with Crippen LogP contribution >= 0.6 is 11.6 Å². The van der Waals surface area contributed by atoms with Crippen LogP contribution in [0.2, 0.25) is 5.02 Å². The van der Waals surface area contributed by atoms with Crippen molar-refractivity contribution in [3.05, 3.63) is 99.8 Å². The molecule has 4 aromatic rings. The van der Waals surface area contributed by atoms with Crippen LogP contribution in [0.4, 0.5) is 5.69 Å². The molecule has 0 saturated heterocycles. The molecule has 0 fully saturated rings. The van der Waals surface area contributed by atoms with Gasteiger partial charge in [-0.15, -0.1) is 0 Å². The minimum Gasteiger partial charge on any atom is -0.493 e. The number of nitrogens with zero attached hydrogens (tertiary/aromatic N) is 2. The summed E-state index contributed by atoms with van der Waals surface area (Å²) in [5.41, 5.74) is 4.68. The third-order valence-corrected chi connectivity index (χ3v) is 6.13. The molecule has 1 amide bonds. The van der Waals surface area contributed by atoms with E-state index >= 15 is 0 Å². The number of benzene rings is 3. The minimum absolute atomic E-state index is 0.216. The van der Waals surface area contributed by atoms with Crippen molar-refractivity contribution in [2.24, 2.45) is 0 Å². The summed E-state index contributed by atoms with van der Waals surface area (Å²) < 4.78 is 18.4. The van der Waals surface area contributed by atoms with Gasteiger partial charge in [-0.3, -0.25) is 9.48 Å². The van der Waals surface area contributed by atoms with Crippen LogP contribution in [0.1, 0.15) is 32.9 Å². The Labute approximate surface area is 215 Å². The van der Waals surface area contributed by atoms with Gasteiger partial charge in [0, 0.05) is 5.56 Å². The molecule has 1 N–H and O–H groups in total. The van der Waals surface area contributed by atoms with Gasteiger partial charge in [0.1, 0.15) is 12.4 Å². The maximum Gasteiger partial charge on any atom is 0.255 e. The lowest BCUT2D eigenvalue weighted by atomic mass is 10.1. The van der Waals surface area contributed by atoms with Crippen molar-refractivity contribution in [2.75, 3.05) is 19.5 Å². The van der Waals surface area contributed by atoms with E-state index in [1.807, 2.05) is 73.1 Å². The summed E-state index contributed by atoms with van der Waals surface area (Å²) in [7, 11) is 3.21. The zero-order chi connectivity index (χ0) is 25.7. The van der Waals surface area contributed by atoms with Gasteiger partial charge in [0.15, 0.2) is 11.5 Å². The van der Waals surface area contributed by atoms with Crippen LogP contribution in [0, 0.1) is 13.8 Å². The Morgan fingerprint density at radius 3 is 2.44 bits per heavy atom. The number of carbonyl (C=O) groups is 1. The van der Waals surface area contributed by atoms with E-state index in [-0.39, 0.29) is 5.91 Å². The average Bonchev–Trinajstić information content (AvgIpc) is 3.15. The molecule has 0 bridgehead atoms. The van der Waals surface area contributed by atoms with Crippen LogP contribution in [-0.4, -0.2) is 29.9 Å². The molecular weight excluding hydrogens is 478 g/mol. The van der Waals surface area contributed by atoms with Crippen molar-refractivity contribution in [1.82, 2.24) is 9.78 Å². The number of carbonyl (C=O) groups excluding carboxylic acids is 1. The smallest absolute Gasteiger partial charge is 0.255 e. The van der Waals surface area contributed by atoms with E-state index in [0.717, 1.165) is 22.5 Å². The summed E-state index contributed by atoms with van der Waals surface area (Å²) in [5.74, 6) is 1.71. The van der Waals surface area contributed by atoms with Crippen LogP contribution in [0.15, 0.2) is 66.7 Å². The SMILES string of the molecule is COc1ccc(Cn2nc(C)c(NC(=O)c3cccc(COc4ccccc4Cl)c3)c2C)cc1OC. The predicted octanol–water partition coefficient (Wildman–Crippen LogP) is 6.05. The van der Waals surface area contributed by atoms with Crippen LogP contribution < -0.4 is 19.5 Å². The van der Waals surface area contributed by atoms with Gasteiger partial charge in [0.25, 0.3) is 5.91 Å². The Morgan fingerprint density at radius 2 is 1.69 bits per heavy atom. The van der Waals surface area contributed by atoms with Gasteiger partial charge >= 0.3 is 0 Å². The number of methoxy groups -OCH3 is 2. The quantitative estimate of drug-likeness (QED) is 0.300. The first kappa shape index (κ1) is 25.1. The van der Waals surface area contributed by atoms with Crippen molar-refractivity contribution in [1.29, 1.82) is 0 Å². The number of aromatic nitrogens is 2. The summed E-state index contributed by atoms with van der Waals surface area (Å²) >= 11 is 6.16. The molecule has 1 aromatic heterocycles. The lowest BCUT2D eigenvalue weighted by Crippen LogP contribution is -2.14. The van der Waals surface area contributed by atoms with Crippen LogP contribution in [-0.2, 0) is 13.2 Å². The highest BCUT2D eigenvalue weighted by Gasteiger charge is 2.16. The zero-order valence-electron chi connectivity index (χ0n) is 20.7. The van der Waals surface area contributed by atoms with Gasteiger partial charge < -0.3 is 19.5 Å². The van der Waals surface area contributed by atoms with Crippen molar-refractivity contribution >= 4 is 23.2 Å².